The molecule has 4 nitrogen and oxygen atoms in total. The van der Waals surface area contributed by atoms with E-state index >= 15 is 0 Å². The van der Waals surface area contributed by atoms with Crippen LogP contribution in [0.4, 0.5) is 5.69 Å². The van der Waals surface area contributed by atoms with Crippen molar-refractivity contribution in [2.75, 3.05) is 11.9 Å². The molecule has 1 aromatic rings. The van der Waals surface area contributed by atoms with E-state index in [2.05, 4.69) is 10.6 Å². The summed E-state index contributed by atoms with van der Waals surface area (Å²) in [6.45, 7) is 0.444. The zero-order valence-corrected chi connectivity index (χ0v) is 10.4. The second-order valence-electron chi connectivity index (χ2n) is 3.97. The number of halogens is 2. The number of aliphatic hydroxyl groups excluding tert-OH is 1. The van der Waals surface area contributed by atoms with Crippen molar-refractivity contribution in [1.82, 2.24) is 5.32 Å². The Morgan fingerprint density at radius 3 is 2.76 bits per heavy atom. The summed E-state index contributed by atoms with van der Waals surface area (Å²) in [4.78, 5) is 11.8. The molecule has 1 aliphatic rings. The summed E-state index contributed by atoms with van der Waals surface area (Å²) in [5.74, 6) is -0.181. The van der Waals surface area contributed by atoms with Crippen molar-refractivity contribution in [3.8, 4) is 0 Å². The maximum Gasteiger partial charge on any atom is 0.241 e. The van der Waals surface area contributed by atoms with Crippen LogP contribution < -0.4 is 10.6 Å². The lowest BCUT2D eigenvalue weighted by atomic mass is 10.2. The zero-order chi connectivity index (χ0) is 12.4. The average molecular weight is 275 g/mol. The quantitative estimate of drug-likeness (QED) is 0.769. The predicted octanol–water partition coefficient (Wildman–Crippen LogP) is 1.65. The highest BCUT2D eigenvalue weighted by molar-refractivity contribution is 6.42. The number of hydrogen-bond donors (Lipinski definition) is 3. The van der Waals surface area contributed by atoms with Gasteiger partial charge < -0.3 is 15.7 Å². The van der Waals surface area contributed by atoms with E-state index in [1.807, 2.05) is 0 Å². The Morgan fingerprint density at radius 2 is 2.18 bits per heavy atom. The van der Waals surface area contributed by atoms with Crippen molar-refractivity contribution >= 4 is 34.8 Å². The Labute approximate surface area is 109 Å². The largest absolute Gasteiger partial charge is 0.392 e. The molecule has 1 heterocycles. The fraction of sp³-hybridized carbons (Fsp3) is 0.364. The number of anilines is 1. The maximum atomic E-state index is 11.8. The normalized spacial score (nSPS) is 23.7. The number of carbonyl (C=O) groups excluding carboxylic acids is 1. The van der Waals surface area contributed by atoms with Gasteiger partial charge in [0, 0.05) is 12.2 Å². The summed E-state index contributed by atoms with van der Waals surface area (Å²) < 4.78 is 0. The molecule has 0 bridgehead atoms. The highest BCUT2D eigenvalue weighted by Crippen LogP contribution is 2.25. The van der Waals surface area contributed by atoms with Crippen LogP contribution in [0.2, 0.25) is 10.0 Å². The summed E-state index contributed by atoms with van der Waals surface area (Å²) in [7, 11) is 0. The molecule has 17 heavy (non-hydrogen) atoms. The third kappa shape index (κ3) is 3.10. The van der Waals surface area contributed by atoms with E-state index in [0.29, 0.717) is 28.7 Å². The van der Waals surface area contributed by atoms with Gasteiger partial charge in [0.25, 0.3) is 0 Å². The van der Waals surface area contributed by atoms with Crippen molar-refractivity contribution in [1.29, 1.82) is 0 Å². The van der Waals surface area contributed by atoms with E-state index in [1.54, 1.807) is 18.2 Å². The standard InChI is InChI=1S/C11H12Cl2N2O2/c12-8-2-1-6(3-9(8)13)15-11(17)10-4-7(16)5-14-10/h1-3,7,10,14,16H,4-5H2,(H,15,17). The van der Waals surface area contributed by atoms with Gasteiger partial charge in [-0.05, 0) is 24.6 Å². The summed E-state index contributed by atoms with van der Waals surface area (Å²) in [5, 5.41) is 15.8. The van der Waals surface area contributed by atoms with Gasteiger partial charge >= 0.3 is 0 Å². The van der Waals surface area contributed by atoms with E-state index in [1.165, 1.54) is 0 Å². The summed E-state index contributed by atoms with van der Waals surface area (Å²) in [6, 6.07) is 4.53. The van der Waals surface area contributed by atoms with Crippen molar-refractivity contribution < 1.29 is 9.90 Å². The van der Waals surface area contributed by atoms with Gasteiger partial charge in [-0.25, -0.2) is 0 Å². The number of nitrogens with one attached hydrogen (secondary N) is 2. The minimum absolute atomic E-state index is 0.181. The molecule has 0 radical (unpaired) electrons. The topological polar surface area (TPSA) is 61.4 Å². The minimum Gasteiger partial charge on any atom is -0.392 e. The van der Waals surface area contributed by atoms with Crippen molar-refractivity contribution in [3.05, 3.63) is 28.2 Å². The van der Waals surface area contributed by atoms with Crippen LogP contribution in [0.1, 0.15) is 6.42 Å². The molecule has 1 aliphatic heterocycles. The van der Waals surface area contributed by atoms with E-state index in [4.69, 9.17) is 23.2 Å². The molecule has 0 spiro atoms. The molecule has 2 unspecified atom stereocenters. The zero-order valence-electron chi connectivity index (χ0n) is 8.91. The van der Waals surface area contributed by atoms with Gasteiger partial charge in [-0.3, -0.25) is 4.79 Å². The Morgan fingerprint density at radius 1 is 1.41 bits per heavy atom. The van der Waals surface area contributed by atoms with Crippen LogP contribution >= 0.6 is 23.2 Å². The molecule has 6 heteroatoms. The first-order chi connectivity index (χ1) is 8.06. The first-order valence-electron chi connectivity index (χ1n) is 5.23. The van der Waals surface area contributed by atoms with E-state index in [-0.39, 0.29) is 11.9 Å². The average Bonchev–Trinajstić information content (AvgIpc) is 2.70. The van der Waals surface area contributed by atoms with Gasteiger partial charge in [-0.15, -0.1) is 0 Å². The second-order valence-corrected chi connectivity index (χ2v) is 4.78. The SMILES string of the molecule is O=C(Nc1ccc(Cl)c(Cl)c1)C1CC(O)CN1. The number of aliphatic hydroxyl groups is 1. The van der Waals surface area contributed by atoms with Crippen LogP contribution in [0.25, 0.3) is 0 Å². The first kappa shape index (κ1) is 12.6. The van der Waals surface area contributed by atoms with Crippen LogP contribution in [0, 0.1) is 0 Å². The minimum atomic E-state index is -0.459. The summed E-state index contributed by atoms with van der Waals surface area (Å²) in [6.07, 6.45) is -0.0350. The van der Waals surface area contributed by atoms with Crippen LogP contribution in [0.5, 0.6) is 0 Å². The van der Waals surface area contributed by atoms with Gasteiger partial charge in [0.1, 0.15) is 0 Å². The van der Waals surface area contributed by atoms with Crippen LogP contribution in [-0.2, 0) is 4.79 Å². The van der Waals surface area contributed by atoms with Crippen LogP contribution in [0.15, 0.2) is 18.2 Å². The van der Waals surface area contributed by atoms with Gasteiger partial charge in [-0.1, -0.05) is 23.2 Å². The predicted molar refractivity (Wildman–Crippen MR) is 67.5 cm³/mol. The van der Waals surface area contributed by atoms with Crippen LogP contribution in [-0.4, -0.2) is 29.7 Å². The Hall–Kier alpha value is -0.810. The van der Waals surface area contributed by atoms with Crippen molar-refractivity contribution in [3.63, 3.8) is 0 Å². The molecule has 1 fully saturated rings. The first-order valence-corrected chi connectivity index (χ1v) is 5.99. The Bertz CT molecular complexity index is 439. The van der Waals surface area contributed by atoms with Crippen LogP contribution in [0.3, 0.4) is 0 Å². The highest BCUT2D eigenvalue weighted by Gasteiger charge is 2.27. The summed E-state index contributed by atoms with van der Waals surface area (Å²) >= 11 is 11.6. The number of β-amino-alcohol motifs (C(OH)–C–C–N with tert-alkyl or cyclic N) is 1. The Kier molecular flexibility index (Phi) is 3.89. The molecule has 1 saturated heterocycles. The molecular formula is C11H12Cl2N2O2. The lowest BCUT2D eigenvalue weighted by Crippen LogP contribution is -2.35. The van der Waals surface area contributed by atoms with E-state index in [9.17, 15) is 9.90 Å². The number of carbonyl (C=O) groups is 1. The third-order valence-corrected chi connectivity index (χ3v) is 3.35. The third-order valence-electron chi connectivity index (χ3n) is 2.61. The van der Waals surface area contributed by atoms with E-state index in [0.717, 1.165) is 0 Å². The van der Waals surface area contributed by atoms with Gasteiger partial charge in [0.2, 0.25) is 5.91 Å². The van der Waals surface area contributed by atoms with E-state index < -0.39 is 6.10 Å². The summed E-state index contributed by atoms with van der Waals surface area (Å²) in [5.41, 5.74) is 0.590. The lowest BCUT2D eigenvalue weighted by Gasteiger charge is -2.11. The molecule has 3 N–H and O–H groups in total. The molecule has 0 aliphatic carbocycles. The van der Waals surface area contributed by atoms with Crippen molar-refractivity contribution in [2.45, 2.75) is 18.6 Å². The molecule has 2 atom stereocenters. The second kappa shape index (κ2) is 5.23. The number of rotatable bonds is 2. The maximum absolute atomic E-state index is 11.8. The number of hydrogen-bond acceptors (Lipinski definition) is 3. The van der Waals surface area contributed by atoms with Gasteiger partial charge in [-0.2, -0.15) is 0 Å². The molecule has 0 aromatic heterocycles. The molecule has 92 valence electrons. The van der Waals surface area contributed by atoms with Crippen molar-refractivity contribution in [2.24, 2.45) is 0 Å². The van der Waals surface area contributed by atoms with Gasteiger partial charge in [0.15, 0.2) is 0 Å². The number of benzene rings is 1. The molecule has 1 amide bonds. The highest BCUT2D eigenvalue weighted by atomic mass is 35.5. The smallest absolute Gasteiger partial charge is 0.241 e. The molecule has 1 aromatic carbocycles. The Balaban J connectivity index is 2.00. The molecular weight excluding hydrogens is 263 g/mol. The molecule has 2 rings (SSSR count). The fourth-order valence-corrected chi connectivity index (χ4v) is 2.02. The fourth-order valence-electron chi connectivity index (χ4n) is 1.72. The lowest BCUT2D eigenvalue weighted by molar-refractivity contribution is -0.117. The number of amides is 1. The monoisotopic (exact) mass is 274 g/mol. The molecule has 0 saturated carbocycles. The van der Waals surface area contributed by atoms with Gasteiger partial charge in [0.05, 0.1) is 22.2 Å².